The van der Waals surface area contributed by atoms with Crippen molar-refractivity contribution < 1.29 is 38.9 Å². The third-order valence-electron chi connectivity index (χ3n) is 2.55. The Morgan fingerprint density at radius 1 is 0.650 bits per heavy atom. The van der Waals surface area contributed by atoms with Gasteiger partial charge in [-0.15, -0.1) is 0 Å². The van der Waals surface area contributed by atoms with Crippen LogP contribution in [0, 0.1) is 0 Å². The molecule has 0 radical (unpaired) electrons. The summed E-state index contributed by atoms with van der Waals surface area (Å²) >= 11 is 0. The molecule has 0 heterocycles. The van der Waals surface area contributed by atoms with Crippen molar-refractivity contribution in [3.63, 3.8) is 0 Å². The van der Waals surface area contributed by atoms with Crippen LogP contribution in [0.15, 0.2) is 0 Å². The standard InChI is InChI=1S/C6H15NO9S3.Na.H/c1-4(17(8,9)10)7(5(2)18(11,12)13)6(3)19(14,15)16;;/h4-6H,1-3H3,(H,8,9,10)(H,11,12,13)(H,14,15,16);;. The number of rotatable bonds is 6. The summed E-state index contributed by atoms with van der Waals surface area (Å²) in [7, 11) is -14.5. The van der Waals surface area contributed by atoms with E-state index in [1.54, 1.807) is 0 Å². The number of hydrogen-bond donors (Lipinski definition) is 3. The molecule has 0 rings (SSSR count). The van der Waals surface area contributed by atoms with E-state index in [1.807, 2.05) is 0 Å². The Kier molecular flexibility index (Phi) is 8.38. The number of hydrogen-bond acceptors (Lipinski definition) is 7. The van der Waals surface area contributed by atoms with Gasteiger partial charge in [0, 0.05) is 0 Å². The van der Waals surface area contributed by atoms with E-state index in [-0.39, 0.29) is 34.5 Å². The van der Waals surface area contributed by atoms with Crippen LogP contribution in [-0.4, -0.2) is 89.5 Å². The van der Waals surface area contributed by atoms with E-state index in [4.69, 9.17) is 13.7 Å². The molecule has 3 atom stereocenters. The van der Waals surface area contributed by atoms with Crippen LogP contribution in [0.25, 0.3) is 0 Å². The van der Waals surface area contributed by atoms with Crippen molar-refractivity contribution >= 4 is 59.9 Å². The molecule has 0 saturated heterocycles. The first-order valence-electron chi connectivity index (χ1n) is 4.76. The Morgan fingerprint density at radius 3 is 0.900 bits per heavy atom. The van der Waals surface area contributed by atoms with Gasteiger partial charge in [0.25, 0.3) is 30.4 Å². The summed E-state index contributed by atoms with van der Waals surface area (Å²) in [6.45, 7) is 2.41. The van der Waals surface area contributed by atoms with E-state index in [0.717, 1.165) is 20.8 Å². The summed E-state index contributed by atoms with van der Waals surface area (Å²) in [5.74, 6) is 0. The van der Waals surface area contributed by atoms with Gasteiger partial charge in [-0.25, -0.2) is 4.90 Å². The first-order valence-corrected chi connectivity index (χ1v) is 9.27. The maximum absolute atomic E-state index is 11.0. The van der Waals surface area contributed by atoms with Crippen LogP contribution >= 0.6 is 0 Å². The van der Waals surface area contributed by atoms with Crippen LogP contribution in [0.2, 0.25) is 0 Å². The summed E-state index contributed by atoms with van der Waals surface area (Å²) < 4.78 is 92.6. The molecule has 0 saturated carbocycles. The fraction of sp³-hybridized carbons (Fsp3) is 1.00. The van der Waals surface area contributed by atoms with Crippen molar-refractivity contribution in [2.24, 2.45) is 0 Å². The van der Waals surface area contributed by atoms with Gasteiger partial charge in [0.15, 0.2) is 0 Å². The molecule has 0 spiro atoms. The first-order chi connectivity index (χ1) is 8.10. The average molecular weight is 365 g/mol. The summed E-state index contributed by atoms with van der Waals surface area (Å²) in [5.41, 5.74) is 0. The zero-order chi connectivity index (χ0) is 15.8. The molecule has 20 heavy (non-hydrogen) atoms. The van der Waals surface area contributed by atoms with Gasteiger partial charge in [-0.3, -0.25) is 13.7 Å². The first kappa shape index (κ1) is 23.0. The Bertz CT molecular complexity index is 534. The molecule has 118 valence electrons. The van der Waals surface area contributed by atoms with Gasteiger partial charge in [0.2, 0.25) is 0 Å². The van der Waals surface area contributed by atoms with Gasteiger partial charge in [0.05, 0.1) is 0 Å². The van der Waals surface area contributed by atoms with E-state index in [2.05, 4.69) is 0 Å². The van der Waals surface area contributed by atoms with Crippen LogP contribution in [0.1, 0.15) is 20.8 Å². The van der Waals surface area contributed by atoms with E-state index >= 15 is 0 Å². The zero-order valence-corrected chi connectivity index (χ0v) is 12.6. The molecule has 0 fully saturated rings. The van der Waals surface area contributed by atoms with Gasteiger partial charge in [0.1, 0.15) is 16.1 Å². The van der Waals surface area contributed by atoms with Crippen LogP contribution in [-0.2, 0) is 30.4 Å². The molecule has 3 unspecified atom stereocenters. The van der Waals surface area contributed by atoms with Crippen molar-refractivity contribution in [3.8, 4) is 0 Å². The normalized spacial score (nSPS) is 18.1. The topological polar surface area (TPSA) is 166 Å². The molecule has 0 aromatic carbocycles. The van der Waals surface area contributed by atoms with Crippen molar-refractivity contribution in [3.05, 3.63) is 0 Å². The SMILES string of the molecule is CC(N(C(C)S(=O)(=O)O)C(C)S(=O)(=O)O)S(=O)(=O)O.[NaH]. The van der Waals surface area contributed by atoms with Gasteiger partial charge in [-0.2, -0.15) is 25.3 Å². The van der Waals surface area contributed by atoms with E-state index < -0.39 is 46.5 Å². The van der Waals surface area contributed by atoms with Crippen LogP contribution in [0.5, 0.6) is 0 Å². The van der Waals surface area contributed by atoms with Gasteiger partial charge < -0.3 is 0 Å². The monoisotopic (exact) mass is 365 g/mol. The van der Waals surface area contributed by atoms with Crippen molar-refractivity contribution in [1.82, 2.24) is 4.90 Å². The molecule has 0 bridgehead atoms. The van der Waals surface area contributed by atoms with Crippen molar-refractivity contribution in [1.29, 1.82) is 0 Å². The quantitative estimate of drug-likeness (QED) is 0.366. The Hall–Kier alpha value is 0.690. The second-order valence-electron chi connectivity index (χ2n) is 3.79. The molecule has 0 aromatic heterocycles. The van der Waals surface area contributed by atoms with Crippen LogP contribution < -0.4 is 0 Å². The fourth-order valence-electron chi connectivity index (χ4n) is 1.35. The molecule has 10 nitrogen and oxygen atoms in total. The Balaban J connectivity index is 0. The molecule has 0 aromatic rings. The summed E-state index contributed by atoms with van der Waals surface area (Å²) in [6, 6.07) is 0. The second kappa shape index (κ2) is 7.30. The minimum absolute atomic E-state index is 0. The van der Waals surface area contributed by atoms with Gasteiger partial charge >= 0.3 is 29.6 Å². The predicted octanol–water partition coefficient (Wildman–Crippen LogP) is -1.66. The average Bonchev–Trinajstić information content (AvgIpc) is 2.13. The van der Waals surface area contributed by atoms with E-state index in [1.165, 1.54) is 0 Å². The summed E-state index contributed by atoms with van der Waals surface area (Å²) in [5, 5.41) is -5.95. The van der Waals surface area contributed by atoms with Crippen LogP contribution in [0.3, 0.4) is 0 Å². The predicted molar refractivity (Wildman–Crippen MR) is 72.0 cm³/mol. The molecular formula is C6H16NNaO9S3. The molecule has 0 aliphatic rings. The third-order valence-corrected chi connectivity index (χ3v) is 5.87. The summed E-state index contributed by atoms with van der Waals surface area (Å²) in [4.78, 5) is 0.236. The van der Waals surface area contributed by atoms with E-state index in [9.17, 15) is 25.3 Å². The maximum atomic E-state index is 11.0. The number of nitrogens with zero attached hydrogens (tertiary/aromatic N) is 1. The van der Waals surface area contributed by atoms with Gasteiger partial charge in [-0.05, 0) is 20.8 Å². The zero-order valence-electron chi connectivity index (χ0n) is 10.2. The second-order valence-corrected chi connectivity index (χ2v) is 8.93. The molecule has 0 amide bonds. The molecule has 14 heteroatoms. The molecule has 0 aliphatic carbocycles. The Labute approximate surface area is 140 Å². The molecule has 3 N–H and O–H groups in total. The minimum atomic E-state index is -4.84. The Morgan fingerprint density at radius 2 is 0.800 bits per heavy atom. The fourth-order valence-corrected chi connectivity index (χ4v) is 3.60. The van der Waals surface area contributed by atoms with Crippen molar-refractivity contribution in [2.45, 2.75) is 36.9 Å². The van der Waals surface area contributed by atoms with Crippen LogP contribution in [0.4, 0.5) is 0 Å². The van der Waals surface area contributed by atoms with E-state index in [0.29, 0.717) is 0 Å². The molecule has 0 aliphatic heterocycles. The van der Waals surface area contributed by atoms with Crippen molar-refractivity contribution in [2.75, 3.05) is 0 Å². The van der Waals surface area contributed by atoms with Gasteiger partial charge in [-0.1, -0.05) is 0 Å². The molecular weight excluding hydrogens is 349 g/mol. The summed E-state index contributed by atoms with van der Waals surface area (Å²) in [6.07, 6.45) is 0. The third kappa shape index (κ3) is 6.21.